The molecule has 0 saturated carbocycles. The van der Waals surface area contributed by atoms with Crippen molar-refractivity contribution in [2.24, 2.45) is 0 Å². The van der Waals surface area contributed by atoms with Crippen LogP contribution in [0.4, 0.5) is 10.1 Å². The lowest BCUT2D eigenvalue weighted by Gasteiger charge is -2.17. The molecule has 0 bridgehead atoms. The SMILES string of the molecule is CN(c1ccc(CNC(=O)COc2ccc(C(C)(C)C)nc2)cc1F)S(=O)O. The fourth-order valence-electron chi connectivity index (χ4n) is 2.31. The van der Waals surface area contributed by atoms with Gasteiger partial charge in [0.15, 0.2) is 6.61 Å². The largest absolute Gasteiger partial charge is 0.482 e. The number of halogens is 1. The molecule has 0 fully saturated rings. The third-order valence-electron chi connectivity index (χ3n) is 3.95. The first-order valence-corrected chi connectivity index (χ1v) is 9.63. The molecular weight excluding hydrogens is 385 g/mol. The highest BCUT2D eigenvalue weighted by molar-refractivity contribution is 7.80. The molecule has 2 aromatic rings. The molecule has 28 heavy (non-hydrogen) atoms. The number of anilines is 1. The van der Waals surface area contributed by atoms with Crippen molar-refractivity contribution in [2.45, 2.75) is 32.7 Å². The Morgan fingerprint density at radius 2 is 2.04 bits per heavy atom. The molecule has 1 amide bonds. The molecule has 1 aromatic heterocycles. The van der Waals surface area contributed by atoms with Crippen molar-refractivity contribution < 1.29 is 22.7 Å². The van der Waals surface area contributed by atoms with Crippen molar-refractivity contribution in [1.82, 2.24) is 10.3 Å². The number of pyridine rings is 1. The maximum absolute atomic E-state index is 14.0. The van der Waals surface area contributed by atoms with Crippen molar-refractivity contribution >= 4 is 22.9 Å². The standard InChI is InChI=1S/C19H24FN3O4S/c1-19(2,3)17-8-6-14(11-21-17)27-12-18(24)22-10-13-5-7-16(15(20)9-13)23(4)28(25)26/h5-9,11H,10,12H2,1-4H3,(H,22,24)(H,25,26). The van der Waals surface area contributed by atoms with Crippen LogP contribution in [0.5, 0.6) is 5.75 Å². The molecule has 0 radical (unpaired) electrons. The molecule has 2 N–H and O–H groups in total. The van der Waals surface area contributed by atoms with Crippen LogP contribution in [0.1, 0.15) is 32.0 Å². The average Bonchev–Trinajstić information content (AvgIpc) is 2.63. The average molecular weight is 409 g/mol. The second kappa shape index (κ2) is 9.11. The Morgan fingerprint density at radius 1 is 1.32 bits per heavy atom. The molecule has 7 nitrogen and oxygen atoms in total. The van der Waals surface area contributed by atoms with Crippen molar-refractivity contribution in [3.05, 3.63) is 53.6 Å². The summed E-state index contributed by atoms with van der Waals surface area (Å²) in [7, 11) is 1.30. The minimum atomic E-state index is -2.31. The maximum atomic E-state index is 14.0. The first kappa shape index (κ1) is 21.8. The van der Waals surface area contributed by atoms with Gasteiger partial charge in [-0.1, -0.05) is 26.8 Å². The van der Waals surface area contributed by atoms with Crippen molar-refractivity contribution in [1.29, 1.82) is 0 Å². The number of carbonyl (C=O) groups excluding carboxylic acids is 1. The van der Waals surface area contributed by atoms with Crippen LogP contribution in [0.3, 0.4) is 0 Å². The summed E-state index contributed by atoms with van der Waals surface area (Å²) in [4.78, 5) is 16.3. The predicted octanol–water partition coefficient (Wildman–Crippen LogP) is 2.79. The molecule has 1 atom stereocenters. The van der Waals surface area contributed by atoms with Crippen molar-refractivity contribution in [3.63, 3.8) is 0 Å². The minimum absolute atomic E-state index is 0.00885. The van der Waals surface area contributed by atoms with Crippen LogP contribution in [-0.4, -0.2) is 33.3 Å². The summed E-state index contributed by atoms with van der Waals surface area (Å²) >= 11 is -2.31. The second-order valence-corrected chi connectivity index (χ2v) is 8.22. The fourth-order valence-corrected chi connectivity index (χ4v) is 2.63. The van der Waals surface area contributed by atoms with E-state index in [2.05, 4.69) is 31.1 Å². The molecule has 152 valence electrons. The molecule has 1 aromatic carbocycles. The number of nitrogens with zero attached hydrogens (tertiary/aromatic N) is 2. The monoisotopic (exact) mass is 409 g/mol. The van der Waals surface area contributed by atoms with Gasteiger partial charge in [-0.2, -0.15) is 0 Å². The highest BCUT2D eigenvalue weighted by atomic mass is 32.2. The van der Waals surface area contributed by atoms with Gasteiger partial charge in [-0.25, -0.2) is 8.60 Å². The fraction of sp³-hybridized carbons (Fsp3) is 0.368. The van der Waals surface area contributed by atoms with E-state index in [1.807, 2.05) is 6.07 Å². The van der Waals surface area contributed by atoms with Crippen LogP contribution in [0.2, 0.25) is 0 Å². The molecule has 0 aliphatic rings. The first-order valence-electron chi connectivity index (χ1n) is 8.57. The maximum Gasteiger partial charge on any atom is 0.261 e. The number of hydrogen-bond acceptors (Lipinski definition) is 4. The van der Waals surface area contributed by atoms with Crippen LogP contribution in [0, 0.1) is 5.82 Å². The first-order chi connectivity index (χ1) is 13.1. The Bertz CT molecular complexity index is 853. The highest BCUT2D eigenvalue weighted by Crippen LogP contribution is 2.22. The Hall–Kier alpha value is -2.52. The predicted molar refractivity (Wildman–Crippen MR) is 106 cm³/mol. The number of ether oxygens (including phenoxy) is 1. The number of nitrogens with one attached hydrogen (secondary N) is 1. The molecule has 1 unspecified atom stereocenters. The van der Waals surface area contributed by atoms with E-state index in [-0.39, 0.29) is 30.2 Å². The van der Waals surface area contributed by atoms with Gasteiger partial charge in [-0.15, -0.1) is 0 Å². The lowest BCUT2D eigenvalue weighted by atomic mass is 9.92. The highest BCUT2D eigenvalue weighted by Gasteiger charge is 2.15. The van der Waals surface area contributed by atoms with E-state index in [1.165, 1.54) is 19.2 Å². The number of aromatic nitrogens is 1. The van der Waals surface area contributed by atoms with E-state index in [0.29, 0.717) is 11.3 Å². The van der Waals surface area contributed by atoms with Crippen LogP contribution in [-0.2, 0) is 28.0 Å². The Balaban J connectivity index is 1.85. The van der Waals surface area contributed by atoms with Gasteiger partial charge >= 0.3 is 0 Å². The smallest absolute Gasteiger partial charge is 0.261 e. The minimum Gasteiger partial charge on any atom is -0.482 e. The lowest BCUT2D eigenvalue weighted by molar-refractivity contribution is -0.123. The summed E-state index contributed by atoms with van der Waals surface area (Å²) in [5, 5.41) is 2.63. The molecule has 0 aliphatic carbocycles. The Morgan fingerprint density at radius 3 is 2.57 bits per heavy atom. The van der Waals surface area contributed by atoms with Gasteiger partial charge in [0.25, 0.3) is 17.2 Å². The zero-order valence-corrected chi connectivity index (χ0v) is 17.0. The number of amides is 1. The van der Waals surface area contributed by atoms with Crippen LogP contribution >= 0.6 is 0 Å². The van der Waals surface area contributed by atoms with E-state index in [0.717, 1.165) is 10.00 Å². The molecule has 0 aliphatic heterocycles. The van der Waals surface area contributed by atoms with Crippen molar-refractivity contribution in [2.75, 3.05) is 18.0 Å². The zero-order chi connectivity index (χ0) is 20.9. The lowest BCUT2D eigenvalue weighted by Crippen LogP contribution is -2.28. The Kier molecular flexibility index (Phi) is 7.09. The van der Waals surface area contributed by atoms with E-state index < -0.39 is 17.1 Å². The van der Waals surface area contributed by atoms with Crippen LogP contribution < -0.4 is 14.4 Å². The van der Waals surface area contributed by atoms with Crippen LogP contribution in [0.15, 0.2) is 36.5 Å². The summed E-state index contributed by atoms with van der Waals surface area (Å²) in [5.74, 6) is -0.533. The normalized spacial score (nSPS) is 12.4. The van der Waals surface area contributed by atoms with Crippen LogP contribution in [0.25, 0.3) is 0 Å². The summed E-state index contributed by atoms with van der Waals surface area (Å²) < 4.78 is 40.4. The number of benzene rings is 1. The van der Waals surface area contributed by atoms with Gasteiger partial charge < -0.3 is 10.1 Å². The molecule has 1 heterocycles. The number of rotatable bonds is 7. The number of hydrogen-bond donors (Lipinski definition) is 2. The number of carbonyl (C=O) groups is 1. The van der Waals surface area contributed by atoms with Gasteiger partial charge in [-0.3, -0.25) is 18.6 Å². The molecule has 9 heteroatoms. The molecule has 0 saturated heterocycles. The second-order valence-electron chi connectivity index (χ2n) is 7.21. The van der Waals surface area contributed by atoms with Gasteiger partial charge in [0.1, 0.15) is 11.6 Å². The molecule has 0 spiro atoms. The topological polar surface area (TPSA) is 91.8 Å². The summed E-state index contributed by atoms with van der Waals surface area (Å²) in [5.41, 5.74) is 1.36. The summed E-state index contributed by atoms with van der Waals surface area (Å²) in [6, 6.07) is 7.77. The van der Waals surface area contributed by atoms with Gasteiger partial charge in [0, 0.05) is 24.7 Å². The Labute approximate surface area is 166 Å². The summed E-state index contributed by atoms with van der Waals surface area (Å²) in [6.45, 7) is 6.08. The van der Waals surface area contributed by atoms with Gasteiger partial charge in [0.2, 0.25) is 0 Å². The van der Waals surface area contributed by atoms with E-state index in [1.54, 1.807) is 18.3 Å². The van der Waals surface area contributed by atoms with E-state index in [4.69, 9.17) is 9.29 Å². The zero-order valence-electron chi connectivity index (χ0n) is 16.2. The van der Waals surface area contributed by atoms with E-state index >= 15 is 0 Å². The summed E-state index contributed by atoms with van der Waals surface area (Å²) in [6.07, 6.45) is 1.57. The quantitative estimate of drug-likeness (QED) is 0.686. The van der Waals surface area contributed by atoms with Gasteiger partial charge in [0.05, 0.1) is 11.9 Å². The van der Waals surface area contributed by atoms with E-state index in [9.17, 15) is 13.4 Å². The molecule has 2 rings (SSSR count). The third kappa shape index (κ3) is 6.00. The molecular formula is C19H24FN3O4S. The third-order valence-corrected chi connectivity index (χ3v) is 4.62. The van der Waals surface area contributed by atoms with Crippen molar-refractivity contribution in [3.8, 4) is 5.75 Å². The van der Waals surface area contributed by atoms with Gasteiger partial charge in [-0.05, 0) is 29.8 Å².